The smallest absolute Gasteiger partial charge is 0.326 e. The van der Waals surface area contributed by atoms with Crippen LogP contribution in [0.1, 0.15) is 145 Å². The highest BCUT2D eigenvalue weighted by Gasteiger charge is 2.37. The molecule has 10 atom stereocenters. The van der Waals surface area contributed by atoms with Gasteiger partial charge in [0.2, 0.25) is 47.3 Å². The topological polar surface area (TPSA) is 460 Å². The summed E-state index contributed by atoms with van der Waals surface area (Å²) in [7, 11) is 0. The van der Waals surface area contributed by atoms with E-state index >= 15 is 0 Å². The molecule has 0 bridgehead atoms. The Hall–Kier alpha value is -6.48. The average molecular weight is 1090 g/mol. The van der Waals surface area contributed by atoms with Gasteiger partial charge in [0.25, 0.3) is 0 Å². The third-order valence-corrected chi connectivity index (χ3v) is 12.2. The van der Waals surface area contributed by atoms with E-state index in [1.165, 1.54) is 0 Å². The van der Waals surface area contributed by atoms with Crippen molar-refractivity contribution in [3.63, 3.8) is 0 Å². The van der Waals surface area contributed by atoms with E-state index in [0.29, 0.717) is 38.6 Å². The lowest BCUT2D eigenvalue weighted by Gasteiger charge is -2.30. The van der Waals surface area contributed by atoms with Crippen molar-refractivity contribution in [1.82, 2.24) is 42.5 Å². The van der Waals surface area contributed by atoms with Gasteiger partial charge in [0.15, 0.2) is 0 Å². The van der Waals surface area contributed by atoms with Crippen LogP contribution in [0.15, 0.2) is 0 Å². The summed E-state index contributed by atoms with van der Waals surface area (Å²) in [4.78, 5) is 157. The predicted octanol–water partition coefficient (Wildman–Crippen LogP) is -1.47. The van der Waals surface area contributed by atoms with Crippen LogP contribution in [0, 0.1) is 23.7 Å². The zero-order valence-electron chi connectivity index (χ0n) is 45.2. The maximum atomic E-state index is 14.1. The molecule has 27 heteroatoms. The number of carboxylic acid groups (broad SMARTS) is 4. The summed E-state index contributed by atoms with van der Waals surface area (Å²) >= 11 is 0. The van der Waals surface area contributed by atoms with Crippen LogP contribution in [0.3, 0.4) is 0 Å². The van der Waals surface area contributed by atoms with Crippen molar-refractivity contribution < 1.29 is 78.0 Å². The average Bonchev–Trinajstić information content (AvgIpc) is 3.32. The van der Waals surface area contributed by atoms with Gasteiger partial charge in [-0.25, -0.2) is 4.79 Å². The number of hydrogen-bond donors (Lipinski definition) is 15. The summed E-state index contributed by atoms with van der Waals surface area (Å²) in [5, 5.41) is 58.1. The number of aliphatic carboxylic acids is 4. The van der Waals surface area contributed by atoms with Crippen LogP contribution >= 0.6 is 0 Å². The molecule has 0 spiro atoms. The fourth-order valence-electron chi connectivity index (χ4n) is 7.65. The third kappa shape index (κ3) is 27.9. The van der Waals surface area contributed by atoms with E-state index in [0.717, 1.165) is 0 Å². The Bertz CT molecular complexity index is 1950. The Morgan fingerprint density at radius 3 is 1.20 bits per heavy atom. The van der Waals surface area contributed by atoms with Crippen LogP contribution in [0.4, 0.5) is 0 Å². The molecule has 18 N–H and O–H groups in total. The van der Waals surface area contributed by atoms with Crippen molar-refractivity contribution >= 4 is 71.1 Å². The molecule has 0 rings (SSSR count). The van der Waals surface area contributed by atoms with E-state index in [1.807, 2.05) is 0 Å². The highest BCUT2D eigenvalue weighted by molar-refractivity contribution is 5.99. The van der Waals surface area contributed by atoms with Crippen LogP contribution in [-0.2, 0) is 57.5 Å². The molecule has 434 valence electrons. The minimum absolute atomic E-state index is 0.0279. The summed E-state index contributed by atoms with van der Waals surface area (Å²) in [6.45, 7) is 14.0. The number of carboxylic acids is 4. The van der Waals surface area contributed by atoms with Gasteiger partial charge in [0.05, 0.1) is 12.5 Å². The predicted molar refractivity (Wildman–Crippen MR) is 276 cm³/mol. The normalized spacial score (nSPS) is 15.2. The lowest BCUT2D eigenvalue weighted by molar-refractivity contribution is -0.143. The lowest BCUT2D eigenvalue weighted by Crippen LogP contribution is -2.62. The molecule has 0 aromatic heterocycles. The van der Waals surface area contributed by atoms with Crippen LogP contribution < -0.4 is 59.7 Å². The summed E-state index contributed by atoms with van der Waals surface area (Å²) in [6.07, 6.45) is -1.15. The first-order chi connectivity index (χ1) is 35.5. The molecular formula is C49H87N11O16. The minimum Gasteiger partial charge on any atom is -0.481 e. The number of nitrogens with one attached hydrogen (secondary N) is 8. The molecule has 0 aromatic carbocycles. The second-order valence-electron chi connectivity index (χ2n) is 20.2. The molecule has 0 aliphatic heterocycles. The second kappa shape index (κ2) is 36.5. The van der Waals surface area contributed by atoms with E-state index in [2.05, 4.69) is 42.5 Å². The van der Waals surface area contributed by atoms with Gasteiger partial charge in [-0.15, -0.1) is 0 Å². The van der Waals surface area contributed by atoms with Crippen molar-refractivity contribution in [3.8, 4) is 0 Å². The van der Waals surface area contributed by atoms with Gasteiger partial charge in [0, 0.05) is 12.8 Å². The van der Waals surface area contributed by atoms with Crippen molar-refractivity contribution in [3.05, 3.63) is 0 Å². The molecule has 0 fully saturated rings. The molecule has 0 aliphatic rings. The molecule has 8 amide bonds. The van der Waals surface area contributed by atoms with Gasteiger partial charge in [-0.3, -0.25) is 52.7 Å². The van der Waals surface area contributed by atoms with E-state index in [4.69, 9.17) is 17.2 Å². The van der Waals surface area contributed by atoms with Gasteiger partial charge in [-0.05, 0) is 101 Å². The van der Waals surface area contributed by atoms with Crippen molar-refractivity contribution in [2.24, 2.45) is 40.9 Å². The molecular weight excluding hydrogens is 999 g/mol. The van der Waals surface area contributed by atoms with Crippen molar-refractivity contribution in [1.29, 1.82) is 0 Å². The maximum absolute atomic E-state index is 14.1. The summed E-state index contributed by atoms with van der Waals surface area (Å²) in [6, 6.07) is -13.1. The first kappa shape index (κ1) is 69.5. The summed E-state index contributed by atoms with van der Waals surface area (Å²) in [5.41, 5.74) is 17.1. The van der Waals surface area contributed by atoms with Crippen LogP contribution in [-0.4, -0.2) is 159 Å². The molecule has 76 heavy (non-hydrogen) atoms. The quantitative estimate of drug-likeness (QED) is 0.0312. The number of carbonyl (C=O) groups is 12. The molecule has 0 heterocycles. The van der Waals surface area contributed by atoms with Gasteiger partial charge in [-0.2, -0.15) is 0 Å². The second-order valence-corrected chi connectivity index (χ2v) is 20.2. The maximum Gasteiger partial charge on any atom is 0.326 e. The summed E-state index contributed by atoms with van der Waals surface area (Å²) in [5.74, 6) is -14.9. The van der Waals surface area contributed by atoms with Crippen LogP contribution in [0.2, 0.25) is 0 Å². The monoisotopic (exact) mass is 1090 g/mol. The standard InChI is InChI=1S/C49H87N11O16/c1-9-28(8)40(48(74)55-30(14-10-12-20-50)42(68)56-33(49(75)76)15-11-13-21-51)60-47(73)39(27(6)7)59-44(70)32(17-19-37(63)64)53-43(69)31(16-18-36(61)62)54-45(71)34(23-26(4)5)58-46(72)35(24-38(65)66)57-41(67)29(52)22-25(2)3/h25-35,39-40H,9-24,50-52H2,1-8H3,(H,53,69)(H,54,71)(H,55,74)(H,56,68)(H,57,67)(H,58,72)(H,59,70)(H,60,73)(H,61,62)(H,63,64)(H,65,66)(H,75,76)/t28-,29-,30-,31-,32-,33-,34-,35-,39-,40-/m0/s1. The van der Waals surface area contributed by atoms with Gasteiger partial charge in [0.1, 0.15) is 48.3 Å². The third-order valence-electron chi connectivity index (χ3n) is 12.2. The molecule has 0 saturated heterocycles. The molecule has 0 unspecified atom stereocenters. The van der Waals surface area contributed by atoms with E-state index in [9.17, 15) is 78.0 Å². The molecule has 0 saturated carbocycles. The molecule has 0 radical (unpaired) electrons. The Morgan fingerprint density at radius 1 is 0.408 bits per heavy atom. The first-order valence-corrected chi connectivity index (χ1v) is 26.0. The van der Waals surface area contributed by atoms with Crippen molar-refractivity contribution in [2.75, 3.05) is 13.1 Å². The fraction of sp³-hybridized carbons (Fsp3) is 0.755. The zero-order chi connectivity index (χ0) is 58.4. The SMILES string of the molecule is CC[C@H](C)[C@H](NC(=O)[C@@H](NC(=O)[C@H](CCC(=O)O)NC(=O)[C@H](CCC(=O)O)NC(=O)[C@H](CC(C)C)NC(=O)[C@H](CC(=O)O)NC(=O)[C@@H](N)CC(C)C)C(C)C)C(=O)N[C@@H](CCCCN)C(=O)N[C@@H](CCCCN)C(=O)O. The fourth-order valence-corrected chi connectivity index (χ4v) is 7.65. The van der Waals surface area contributed by atoms with Crippen LogP contribution in [0.5, 0.6) is 0 Å². The van der Waals surface area contributed by atoms with Crippen LogP contribution in [0.25, 0.3) is 0 Å². The zero-order valence-corrected chi connectivity index (χ0v) is 45.2. The Labute approximate surface area is 444 Å². The molecule has 0 aromatic rings. The summed E-state index contributed by atoms with van der Waals surface area (Å²) < 4.78 is 0. The molecule has 0 aliphatic carbocycles. The number of hydrogen-bond acceptors (Lipinski definition) is 15. The highest BCUT2D eigenvalue weighted by Crippen LogP contribution is 2.15. The van der Waals surface area contributed by atoms with E-state index in [-0.39, 0.29) is 44.1 Å². The first-order valence-electron chi connectivity index (χ1n) is 26.0. The van der Waals surface area contributed by atoms with Gasteiger partial charge in [-0.1, -0.05) is 61.8 Å². The highest BCUT2D eigenvalue weighted by atomic mass is 16.4. The number of carbonyl (C=O) groups excluding carboxylic acids is 8. The number of nitrogens with two attached hydrogens (primary N) is 3. The number of rotatable bonds is 40. The van der Waals surface area contributed by atoms with E-state index < -0.39 is 169 Å². The van der Waals surface area contributed by atoms with Crippen molar-refractivity contribution in [2.45, 2.75) is 200 Å². The van der Waals surface area contributed by atoms with E-state index in [1.54, 1.807) is 55.4 Å². The van der Waals surface area contributed by atoms with Gasteiger partial charge >= 0.3 is 23.9 Å². The number of amides is 8. The largest absolute Gasteiger partial charge is 0.481 e. The van der Waals surface area contributed by atoms with Gasteiger partial charge < -0.3 is 80.2 Å². The Kier molecular flexibility index (Phi) is 33.4. The minimum atomic E-state index is -1.75. The Morgan fingerprint density at radius 2 is 0.776 bits per heavy atom. The lowest BCUT2D eigenvalue weighted by atomic mass is 9.95. The molecule has 27 nitrogen and oxygen atoms in total. The number of unbranched alkanes of at least 4 members (excludes halogenated alkanes) is 2. The Balaban J connectivity index is 6.78.